The first-order valence-corrected chi connectivity index (χ1v) is 7.21. The molecule has 4 atom stereocenters. The normalized spacial score (nSPS) is 31.6. The van der Waals surface area contributed by atoms with Gasteiger partial charge in [-0.15, -0.1) is 0 Å². The molecular formula is C16H23NO. The van der Waals surface area contributed by atoms with Gasteiger partial charge in [-0.1, -0.05) is 24.6 Å². The number of benzene rings is 1. The van der Waals surface area contributed by atoms with E-state index in [0.717, 1.165) is 35.7 Å². The number of fused-ring (bicyclic) bond motifs is 2. The summed E-state index contributed by atoms with van der Waals surface area (Å²) in [5, 5.41) is 0. The molecule has 0 radical (unpaired) electrons. The van der Waals surface area contributed by atoms with Gasteiger partial charge < -0.3 is 10.5 Å². The molecule has 0 saturated heterocycles. The Morgan fingerprint density at radius 1 is 1.28 bits per heavy atom. The summed E-state index contributed by atoms with van der Waals surface area (Å²) >= 11 is 0. The summed E-state index contributed by atoms with van der Waals surface area (Å²) in [6.07, 6.45) is 5.71. The maximum Gasteiger partial charge on any atom is 0.124 e. The van der Waals surface area contributed by atoms with Gasteiger partial charge in [-0.05, 0) is 50.0 Å². The van der Waals surface area contributed by atoms with Crippen LogP contribution in [0.3, 0.4) is 0 Å². The molecule has 0 aromatic heterocycles. The van der Waals surface area contributed by atoms with Gasteiger partial charge >= 0.3 is 0 Å². The molecule has 2 nitrogen and oxygen atoms in total. The van der Waals surface area contributed by atoms with E-state index in [0.29, 0.717) is 0 Å². The molecule has 2 heteroatoms. The number of nitrogens with two attached hydrogens (primary N) is 1. The standard InChI is InChI=1S/C16H23NO/c1-11(17)15-4-2-3-5-16(15)18-10-14-9-12-6-7-13(14)8-12/h2-5,11-14H,6-10,17H2,1H3. The zero-order valence-corrected chi connectivity index (χ0v) is 11.1. The fourth-order valence-corrected chi connectivity index (χ4v) is 3.77. The summed E-state index contributed by atoms with van der Waals surface area (Å²) in [5.74, 6) is 3.69. The molecule has 0 spiro atoms. The molecular weight excluding hydrogens is 222 g/mol. The Bertz CT molecular complexity index is 415. The highest BCUT2D eigenvalue weighted by Crippen LogP contribution is 2.48. The second kappa shape index (κ2) is 4.93. The maximum absolute atomic E-state index is 6.06. The van der Waals surface area contributed by atoms with Crippen molar-refractivity contribution in [2.24, 2.45) is 23.5 Å². The summed E-state index contributed by atoms with van der Waals surface area (Å²) < 4.78 is 6.06. The van der Waals surface area contributed by atoms with Crippen LogP contribution in [0.1, 0.15) is 44.2 Å². The number of rotatable bonds is 4. The fraction of sp³-hybridized carbons (Fsp3) is 0.625. The lowest BCUT2D eigenvalue weighted by atomic mass is 9.89. The average Bonchev–Trinajstić information content (AvgIpc) is 2.98. The van der Waals surface area contributed by atoms with Crippen LogP contribution >= 0.6 is 0 Å². The Labute approximate surface area is 110 Å². The van der Waals surface area contributed by atoms with Crippen molar-refractivity contribution in [1.29, 1.82) is 0 Å². The van der Waals surface area contributed by atoms with Crippen LogP contribution in [-0.4, -0.2) is 6.61 Å². The van der Waals surface area contributed by atoms with Crippen molar-refractivity contribution in [3.8, 4) is 5.75 Å². The third-order valence-corrected chi connectivity index (χ3v) is 4.75. The highest BCUT2D eigenvalue weighted by molar-refractivity contribution is 5.35. The molecule has 2 saturated carbocycles. The lowest BCUT2D eigenvalue weighted by Gasteiger charge is -2.23. The maximum atomic E-state index is 6.06. The first-order valence-electron chi connectivity index (χ1n) is 7.21. The first kappa shape index (κ1) is 12.0. The van der Waals surface area contributed by atoms with Gasteiger partial charge in [0.25, 0.3) is 0 Å². The molecule has 2 bridgehead atoms. The van der Waals surface area contributed by atoms with Gasteiger partial charge in [-0.3, -0.25) is 0 Å². The number of hydrogen-bond donors (Lipinski definition) is 1. The van der Waals surface area contributed by atoms with Crippen molar-refractivity contribution in [3.63, 3.8) is 0 Å². The molecule has 2 fully saturated rings. The molecule has 2 aliphatic rings. The van der Waals surface area contributed by atoms with Crippen LogP contribution in [0.2, 0.25) is 0 Å². The van der Waals surface area contributed by atoms with Gasteiger partial charge in [0.1, 0.15) is 5.75 Å². The van der Waals surface area contributed by atoms with E-state index in [-0.39, 0.29) is 6.04 Å². The minimum atomic E-state index is 0.0428. The van der Waals surface area contributed by atoms with Crippen molar-refractivity contribution in [2.75, 3.05) is 6.61 Å². The second-order valence-corrected chi connectivity index (χ2v) is 6.07. The topological polar surface area (TPSA) is 35.2 Å². The van der Waals surface area contributed by atoms with Gasteiger partial charge in [0.05, 0.1) is 6.61 Å². The van der Waals surface area contributed by atoms with Crippen LogP contribution in [0, 0.1) is 17.8 Å². The second-order valence-electron chi connectivity index (χ2n) is 6.07. The molecule has 1 aromatic carbocycles. The van der Waals surface area contributed by atoms with Crippen molar-refractivity contribution in [2.45, 2.75) is 38.6 Å². The van der Waals surface area contributed by atoms with Crippen molar-refractivity contribution >= 4 is 0 Å². The monoisotopic (exact) mass is 245 g/mol. The van der Waals surface area contributed by atoms with Crippen LogP contribution in [0.15, 0.2) is 24.3 Å². The Balaban J connectivity index is 1.63. The minimum Gasteiger partial charge on any atom is -0.493 e. The summed E-state index contributed by atoms with van der Waals surface area (Å²) in [6.45, 7) is 2.89. The van der Waals surface area contributed by atoms with E-state index in [2.05, 4.69) is 6.07 Å². The molecule has 4 unspecified atom stereocenters. The van der Waals surface area contributed by atoms with E-state index in [1.807, 2.05) is 25.1 Å². The van der Waals surface area contributed by atoms with Crippen LogP contribution in [0.4, 0.5) is 0 Å². The first-order chi connectivity index (χ1) is 8.74. The van der Waals surface area contributed by atoms with Gasteiger partial charge in [-0.2, -0.15) is 0 Å². The molecule has 2 aliphatic carbocycles. The number of ether oxygens (including phenoxy) is 1. The lowest BCUT2D eigenvalue weighted by molar-refractivity contribution is 0.193. The highest BCUT2D eigenvalue weighted by atomic mass is 16.5. The van der Waals surface area contributed by atoms with Crippen LogP contribution in [0.25, 0.3) is 0 Å². The third-order valence-electron chi connectivity index (χ3n) is 4.75. The fourth-order valence-electron chi connectivity index (χ4n) is 3.77. The molecule has 2 N–H and O–H groups in total. The van der Waals surface area contributed by atoms with Crippen molar-refractivity contribution < 1.29 is 4.74 Å². The molecule has 98 valence electrons. The van der Waals surface area contributed by atoms with Crippen LogP contribution < -0.4 is 10.5 Å². The predicted octanol–water partition coefficient (Wildman–Crippen LogP) is 3.52. The zero-order chi connectivity index (χ0) is 12.5. The largest absolute Gasteiger partial charge is 0.493 e. The molecule has 18 heavy (non-hydrogen) atoms. The van der Waals surface area contributed by atoms with E-state index >= 15 is 0 Å². The number of para-hydroxylation sites is 1. The highest BCUT2D eigenvalue weighted by Gasteiger charge is 2.39. The van der Waals surface area contributed by atoms with E-state index in [1.54, 1.807) is 0 Å². The Morgan fingerprint density at radius 2 is 2.11 bits per heavy atom. The SMILES string of the molecule is CC(N)c1ccccc1OCC1CC2CCC1C2. The summed E-state index contributed by atoms with van der Waals surface area (Å²) in [7, 11) is 0. The Morgan fingerprint density at radius 3 is 2.78 bits per heavy atom. The molecule has 3 rings (SSSR count). The molecule has 0 heterocycles. The van der Waals surface area contributed by atoms with Crippen molar-refractivity contribution in [3.05, 3.63) is 29.8 Å². The molecule has 0 amide bonds. The minimum absolute atomic E-state index is 0.0428. The van der Waals surface area contributed by atoms with Crippen LogP contribution in [0.5, 0.6) is 5.75 Å². The average molecular weight is 245 g/mol. The Hall–Kier alpha value is -1.02. The lowest BCUT2D eigenvalue weighted by Crippen LogP contribution is -2.19. The van der Waals surface area contributed by atoms with Gasteiger partial charge in [-0.25, -0.2) is 0 Å². The van der Waals surface area contributed by atoms with E-state index in [9.17, 15) is 0 Å². The predicted molar refractivity (Wildman–Crippen MR) is 73.5 cm³/mol. The third kappa shape index (κ3) is 2.26. The Kier molecular flexibility index (Phi) is 3.29. The molecule has 0 aliphatic heterocycles. The smallest absolute Gasteiger partial charge is 0.124 e. The van der Waals surface area contributed by atoms with Gasteiger partial charge in [0, 0.05) is 11.6 Å². The zero-order valence-electron chi connectivity index (χ0n) is 11.1. The van der Waals surface area contributed by atoms with Crippen molar-refractivity contribution in [1.82, 2.24) is 0 Å². The van der Waals surface area contributed by atoms with Gasteiger partial charge in [0.2, 0.25) is 0 Å². The van der Waals surface area contributed by atoms with E-state index < -0.39 is 0 Å². The van der Waals surface area contributed by atoms with Crippen LogP contribution in [-0.2, 0) is 0 Å². The number of hydrogen-bond acceptors (Lipinski definition) is 2. The van der Waals surface area contributed by atoms with E-state index in [1.165, 1.54) is 25.7 Å². The quantitative estimate of drug-likeness (QED) is 0.881. The summed E-state index contributed by atoms with van der Waals surface area (Å²) in [6, 6.07) is 8.22. The molecule has 1 aromatic rings. The summed E-state index contributed by atoms with van der Waals surface area (Å²) in [4.78, 5) is 0. The van der Waals surface area contributed by atoms with Gasteiger partial charge in [0.15, 0.2) is 0 Å². The summed E-state index contributed by atoms with van der Waals surface area (Å²) in [5.41, 5.74) is 7.10. The van der Waals surface area contributed by atoms with E-state index in [4.69, 9.17) is 10.5 Å².